The van der Waals surface area contributed by atoms with Gasteiger partial charge in [0.05, 0.1) is 12.2 Å². The lowest BCUT2D eigenvalue weighted by molar-refractivity contribution is -0.0644. The lowest BCUT2D eigenvalue weighted by atomic mass is 9.81. The molecule has 2 saturated carbocycles. The summed E-state index contributed by atoms with van der Waals surface area (Å²) in [6, 6.07) is 0.754. The molecule has 2 heteroatoms. The van der Waals surface area contributed by atoms with Crippen molar-refractivity contribution in [3.05, 3.63) is 0 Å². The van der Waals surface area contributed by atoms with Crippen molar-refractivity contribution in [2.45, 2.75) is 90.4 Å². The molecule has 0 aromatic rings. The fourth-order valence-corrected chi connectivity index (χ4v) is 4.01. The minimum atomic E-state index is 0.544. The molecule has 0 heterocycles. The summed E-state index contributed by atoms with van der Waals surface area (Å²) in [6.07, 6.45) is 11.5. The first-order valence-corrected chi connectivity index (χ1v) is 8.56. The van der Waals surface area contributed by atoms with Crippen LogP contribution in [-0.2, 0) is 4.74 Å². The molecule has 0 spiro atoms. The maximum absolute atomic E-state index is 6.40. The van der Waals surface area contributed by atoms with E-state index in [1.807, 2.05) is 0 Å². The highest BCUT2D eigenvalue weighted by Gasteiger charge is 2.28. The van der Waals surface area contributed by atoms with Crippen LogP contribution in [0.2, 0.25) is 0 Å². The highest BCUT2D eigenvalue weighted by atomic mass is 16.5. The molecule has 0 aromatic heterocycles. The third-order valence-electron chi connectivity index (χ3n) is 4.88. The molecule has 0 bridgehead atoms. The first-order valence-electron chi connectivity index (χ1n) is 8.56. The highest BCUT2D eigenvalue weighted by molar-refractivity contribution is 4.81. The van der Waals surface area contributed by atoms with Crippen LogP contribution in [0.3, 0.4) is 0 Å². The zero-order valence-corrected chi connectivity index (χ0v) is 13.2. The Hall–Kier alpha value is -0.0800. The first kappa shape index (κ1) is 15.3. The summed E-state index contributed by atoms with van der Waals surface area (Å²) in [5.74, 6) is 1.72. The standard InChI is InChI=1S/C17H33NO/c1-4-9-18-15-5-7-16(8-6-15)19-17-11-13(2)10-14(3)12-17/h13-18H,4-12H2,1-3H3. The van der Waals surface area contributed by atoms with Gasteiger partial charge in [-0.15, -0.1) is 0 Å². The summed E-state index contributed by atoms with van der Waals surface area (Å²) < 4.78 is 6.40. The third-order valence-corrected chi connectivity index (χ3v) is 4.88. The van der Waals surface area contributed by atoms with Crippen molar-refractivity contribution in [3.63, 3.8) is 0 Å². The molecule has 2 atom stereocenters. The maximum atomic E-state index is 6.40. The topological polar surface area (TPSA) is 21.3 Å². The van der Waals surface area contributed by atoms with Crippen molar-refractivity contribution in [2.75, 3.05) is 6.54 Å². The average Bonchev–Trinajstić information content (AvgIpc) is 2.37. The smallest absolute Gasteiger partial charge is 0.0584 e. The number of nitrogens with one attached hydrogen (secondary N) is 1. The molecule has 0 aliphatic heterocycles. The quantitative estimate of drug-likeness (QED) is 0.808. The van der Waals surface area contributed by atoms with Crippen LogP contribution in [-0.4, -0.2) is 24.8 Å². The molecular formula is C17H33NO. The summed E-state index contributed by atoms with van der Waals surface area (Å²) in [5.41, 5.74) is 0. The van der Waals surface area contributed by atoms with Gasteiger partial charge in [0.2, 0.25) is 0 Å². The average molecular weight is 267 g/mol. The van der Waals surface area contributed by atoms with Gasteiger partial charge in [0, 0.05) is 6.04 Å². The van der Waals surface area contributed by atoms with E-state index in [1.54, 1.807) is 0 Å². The molecule has 2 aliphatic rings. The first-order chi connectivity index (χ1) is 9.17. The molecule has 2 fully saturated rings. The fraction of sp³-hybridized carbons (Fsp3) is 1.00. The predicted octanol–water partition coefficient (Wildman–Crippen LogP) is 4.14. The molecule has 0 aromatic carbocycles. The van der Waals surface area contributed by atoms with Gasteiger partial charge < -0.3 is 10.1 Å². The van der Waals surface area contributed by atoms with Crippen LogP contribution in [0.15, 0.2) is 0 Å². The van der Waals surface area contributed by atoms with Gasteiger partial charge in [-0.25, -0.2) is 0 Å². The predicted molar refractivity (Wildman–Crippen MR) is 81.4 cm³/mol. The van der Waals surface area contributed by atoms with E-state index in [-0.39, 0.29) is 0 Å². The number of ether oxygens (including phenoxy) is 1. The van der Waals surface area contributed by atoms with Crippen molar-refractivity contribution < 1.29 is 4.74 Å². The van der Waals surface area contributed by atoms with Gasteiger partial charge in [-0.1, -0.05) is 20.8 Å². The lowest BCUT2D eigenvalue weighted by Crippen LogP contribution is -2.38. The summed E-state index contributed by atoms with van der Waals surface area (Å²) in [6.45, 7) is 8.19. The van der Waals surface area contributed by atoms with E-state index in [9.17, 15) is 0 Å². The largest absolute Gasteiger partial charge is 0.375 e. The van der Waals surface area contributed by atoms with Gasteiger partial charge in [0.25, 0.3) is 0 Å². The number of hydrogen-bond donors (Lipinski definition) is 1. The summed E-state index contributed by atoms with van der Waals surface area (Å²) >= 11 is 0. The lowest BCUT2D eigenvalue weighted by Gasteiger charge is -2.36. The van der Waals surface area contributed by atoms with Crippen LogP contribution < -0.4 is 5.32 Å². The van der Waals surface area contributed by atoms with Crippen molar-refractivity contribution in [1.82, 2.24) is 5.32 Å². The van der Waals surface area contributed by atoms with Crippen LogP contribution in [0.5, 0.6) is 0 Å². The Morgan fingerprint density at radius 2 is 1.53 bits per heavy atom. The Bertz CT molecular complexity index is 238. The summed E-state index contributed by atoms with van der Waals surface area (Å²) in [5, 5.41) is 3.65. The van der Waals surface area contributed by atoms with Crippen LogP contribution in [0.25, 0.3) is 0 Å². The second-order valence-electron chi connectivity index (χ2n) is 7.10. The van der Waals surface area contributed by atoms with Crippen LogP contribution in [0, 0.1) is 11.8 Å². The van der Waals surface area contributed by atoms with E-state index in [0.29, 0.717) is 12.2 Å². The van der Waals surface area contributed by atoms with E-state index >= 15 is 0 Å². The zero-order valence-electron chi connectivity index (χ0n) is 13.2. The minimum absolute atomic E-state index is 0.544. The van der Waals surface area contributed by atoms with Crippen LogP contribution in [0.1, 0.15) is 72.1 Å². The van der Waals surface area contributed by atoms with Gasteiger partial charge in [0.1, 0.15) is 0 Å². The van der Waals surface area contributed by atoms with Crippen molar-refractivity contribution in [3.8, 4) is 0 Å². The van der Waals surface area contributed by atoms with Gasteiger partial charge in [-0.2, -0.15) is 0 Å². The molecule has 0 saturated heterocycles. The summed E-state index contributed by atoms with van der Waals surface area (Å²) in [7, 11) is 0. The molecule has 2 nitrogen and oxygen atoms in total. The zero-order chi connectivity index (χ0) is 13.7. The van der Waals surface area contributed by atoms with E-state index in [4.69, 9.17) is 4.74 Å². The van der Waals surface area contributed by atoms with E-state index in [2.05, 4.69) is 26.1 Å². The van der Waals surface area contributed by atoms with Gasteiger partial charge in [-0.3, -0.25) is 0 Å². The highest BCUT2D eigenvalue weighted by Crippen LogP contribution is 2.33. The van der Waals surface area contributed by atoms with Crippen LogP contribution in [0.4, 0.5) is 0 Å². The second-order valence-corrected chi connectivity index (χ2v) is 7.10. The Labute approximate surface area is 119 Å². The molecule has 0 radical (unpaired) electrons. The second kappa shape index (κ2) is 7.64. The monoisotopic (exact) mass is 267 g/mol. The number of hydrogen-bond acceptors (Lipinski definition) is 2. The molecule has 112 valence electrons. The number of rotatable bonds is 5. The van der Waals surface area contributed by atoms with Gasteiger partial charge in [-0.05, 0) is 69.7 Å². The van der Waals surface area contributed by atoms with Crippen molar-refractivity contribution in [2.24, 2.45) is 11.8 Å². The Morgan fingerprint density at radius 3 is 2.11 bits per heavy atom. The minimum Gasteiger partial charge on any atom is -0.375 e. The Balaban J connectivity index is 1.67. The van der Waals surface area contributed by atoms with E-state index < -0.39 is 0 Å². The molecule has 1 N–H and O–H groups in total. The van der Waals surface area contributed by atoms with Gasteiger partial charge >= 0.3 is 0 Å². The normalized spacial score (nSPS) is 40.3. The van der Waals surface area contributed by atoms with Crippen molar-refractivity contribution in [1.29, 1.82) is 0 Å². The molecule has 19 heavy (non-hydrogen) atoms. The molecule has 2 unspecified atom stereocenters. The van der Waals surface area contributed by atoms with E-state index in [0.717, 1.165) is 17.9 Å². The third kappa shape index (κ3) is 5.07. The van der Waals surface area contributed by atoms with Crippen LogP contribution >= 0.6 is 0 Å². The SMILES string of the molecule is CCCNC1CCC(OC2CC(C)CC(C)C2)CC1. The molecular weight excluding hydrogens is 234 g/mol. The van der Waals surface area contributed by atoms with Gasteiger partial charge in [0.15, 0.2) is 0 Å². The fourth-order valence-electron chi connectivity index (χ4n) is 4.01. The van der Waals surface area contributed by atoms with E-state index in [1.165, 1.54) is 57.9 Å². The Kier molecular flexibility index (Phi) is 6.15. The molecule has 2 aliphatic carbocycles. The molecule has 2 rings (SSSR count). The Morgan fingerprint density at radius 1 is 0.895 bits per heavy atom. The summed E-state index contributed by atoms with van der Waals surface area (Å²) in [4.78, 5) is 0. The van der Waals surface area contributed by atoms with Crippen molar-refractivity contribution >= 4 is 0 Å². The molecule has 0 amide bonds. The maximum Gasteiger partial charge on any atom is 0.0584 e.